The largest absolute Gasteiger partial charge is 0.506 e. The van der Waals surface area contributed by atoms with Crippen LogP contribution in [0.3, 0.4) is 0 Å². The number of phenols is 1. The highest BCUT2D eigenvalue weighted by molar-refractivity contribution is 9.10. The van der Waals surface area contributed by atoms with Gasteiger partial charge in [0, 0.05) is 4.47 Å². The van der Waals surface area contributed by atoms with Crippen LogP contribution in [0.2, 0.25) is 0 Å². The number of rotatable bonds is 6. The number of anilines is 1. The minimum atomic E-state index is -0.387. The van der Waals surface area contributed by atoms with Crippen LogP contribution in [-0.2, 0) is 0 Å². The highest BCUT2D eigenvalue weighted by atomic mass is 79.9. The van der Waals surface area contributed by atoms with Crippen LogP contribution >= 0.6 is 28.1 Å². The Morgan fingerprint density at radius 1 is 1.27 bits per heavy atom. The molecule has 0 saturated carbocycles. The summed E-state index contributed by atoms with van der Waals surface area (Å²) in [4.78, 5) is 12.6. The van der Waals surface area contributed by atoms with Crippen molar-refractivity contribution < 1.29 is 14.6 Å². The number of thiocarbonyl (C=S) groups is 1. The summed E-state index contributed by atoms with van der Waals surface area (Å²) in [7, 11) is 0. The first kappa shape index (κ1) is 20.2. The number of hydrogen-bond donors (Lipinski definition) is 3. The van der Waals surface area contributed by atoms with Crippen molar-refractivity contribution in [1.29, 1.82) is 0 Å². The van der Waals surface area contributed by atoms with E-state index in [9.17, 15) is 9.90 Å². The maximum Gasteiger partial charge on any atom is 0.261 e. The number of aromatic hydroxyl groups is 1. The highest BCUT2D eigenvalue weighted by Crippen LogP contribution is 2.25. The van der Waals surface area contributed by atoms with Crippen molar-refractivity contribution in [3.05, 3.63) is 52.0 Å². The Balaban J connectivity index is 2.09. The number of phenolic OH excluding ortho intramolecular Hbond substituents is 1. The van der Waals surface area contributed by atoms with E-state index in [0.29, 0.717) is 23.6 Å². The van der Waals surface area contributed by atoms with Gasteiger partial charge in [0.15, 0.2) is 5.11 Å². The summed E-state index contributed by atoms with van der Waals surface area (Å²) in [5.74, 6) is 0.168. The zero-order chi connectivity index (χ0) is 19.1. The van der Waals surface area contributed by atoms with Gasteiger partial charge in [-0.1, -0.05) is 35.3 Å². The van der Waals surface area contributed by atoms with Gasteiger partial charge in [-0.15, -0.1) is 0 Å². The van der Waals surface area contributed by atoms with Crippen molar-refractivity contribution in [2.45, 2.75) is 26.7 Å². The minimum Gasteiger partial charge on any atom is -0.506 e. The molecule has 26 heavy (non-hydrogen) atoms. The molecule has 138 valence electrons. The van der Waals surface area contributed by atoms with E-state index in [-0.39, 0.29) is 16.8 Å². The van der Waals surface area contributed by atoms with Gasteiger partial charge in [0.2, 0.25) is 0 Å². The summed E-state index contributed by atoms with van der Waals surface area (Å²) in [6, 6.07) is 10.3. The first-order chi connectivity index (χ1) is 12.4. The molecule has 0 radical (unpaired) electrons. The molecule has 1 amide bonds. The number of ether oxygens (including phenoxy) is 1. The Kier molecular flexibility index (Phi) is 7.41. The van der Waals surface area contributed by atoms with E-state index in [0.717, 1.165) is 22.9 Å². The van der Waals surface area contributed by atoms with Crippen molar-refractivity contribution in [2.24, 2.45) is 0 Å². The van der Waals surface area contributed by atoms with E-state index in [1.807, 2.05) is 13.0 Å². The molecule has 2 rings (SSSR count). The maximum absolute atomic E-state index is 12.6. The Bertz CT molecular complexity index is 811. The molecule has 2 aromatic rings. The summed E-state index contributed by atoms with van der Waals surface area (Å²) < 4.78 is 6.47. The van der Waals surface area contributed by atoms with Crippen molar-refractivity contribution in [3.8, 4) is 11.5 Å². The summed E-state index contributed by atoms with van der Waals surface area (Å²) >= 11 is 8.56. The van der Waals surface area contributed by atoms with E-state index in [2.05, 4.69) is 33.5 Å². The average molecular weight is 437 g/mol. The first-order valence-electron chi connectivity index (χ1n) is 8.25. The molecule has 5 nitrogen and oxygen atoms in total. The number of halogens is 1. The van der Waals surface area contributed by atoms with Gasteiger partial charge in [0.05, 0.1) is 17.9 Å². The van der Waals surface area contributed by atoms with Crippen LogP contribution in [0.25, 0.3) is 0 Å². The molecule has 0 unspecified atom stereocenters. The summed E-state index contributed by atoms with van der Waals surface area (Å²) in [6.07, 6.45) is 1.91. The second-order valence-electron chi connectivity index (χ2n) is 5.77. The molecule has 0 fully saturated rings. The Labute approximate surface area is 166 Å². The maximum atomic E-state index is 12.6. The molecule has 0 bridgehead atoms. The number of nitrogens with one attached hydrogen (secondary N) is 2. The van der Waals surface area contributed by atoms with Gasteiger partial charge in [0.1, 0.15) is 11.5 Å². The lowest BCUT2D eigenvalue weighted by Crippen LogP contribution is -2.34. The number of carbonyl (C=O) groups excluding carboxylic acids is 1. The second-order valence-corrected chi connectivity index (χ2v) is 7.10. The Morgan fingerprint density at radius 3 is 2.77 bits per heavy atom. The second kappa shape index (κ2) is 9.54. The normalized spacial score (nSPS) is 10.3. The van der Waals surface area contributed by atoms with Gasteiger partial charge >= 0.3 is 0 Å². The zero-order valence-corrected chi connectivity index (χ0v) is 17.0. The fraction of sp³-hybridized carbons (Fsp3) is 0.263. The van der Waals surface area contributed by atoms with Crippen molar-refractivity contribution in [2.75, 3.05) is 11.9 Å². The van der Waals surface area contributed by atoms with E-state index in [1.54, 1.807) is 30.3 Å². The topological polar surface area (TPSA) is 70.6 Å². The molecule has 0 spiro atoms. The van der Waals surface area contributed by atoms with E-state index in [4.69, 9.17) is 17.0 Å². The number of unbranched alkanes of at least 4 members (excludes halogenated alkanes) is 1. The van der Waals surface area contributed by atoms with Crippen LogP contribution in [0.15, 0.2) is 40.9 Å². The fourth-order valence-electron chi connectivity index (χ4n) is 2.21. The monoisotopic (exact) mass is 436 g/mol. The Morgan fingerprint density at radius 2 is 2.04 bits per heavy atom. The smallest absolute Gasteiger partial charge is 0.261 e. The lowest BCUT2D eigenvalue weighted by molar-refractivity contribution is 0.0973. The number of hydrogen-bond acceptors (Lipinski definition) is 4. The number of carbonyl (C=O) groups is 1. The summed E-state index contributed by atoms with van der Waals surface area (Å²) in [6.45, 7) is 4.51. The molecule has 0 aliphatic rings. The van der Waals surface area contributed by atoms with Gasteiger partial charge in [-0.25, -0.2) is 0 Å². The van der Waals surface area contributed by atoms with Crippen molar-refractivity contribution >= 4 is 44.9 Å². The first-order valence-corrected chi connectivity index (χ1v) is 9.45. The molecule has 0 heterocycles. The van der Waals surface area contributed by atoms with Crippen molar-refractivity contribution in [1.82, 2.24) is 5.32 Å². The number of amides is 1. The molecule has 0 saturated heterocycles. The van der Waals surface area contributed by atoms with Crippen LogP contribution in [0.4, 0.5) is 5.69 Å². The van der Waals surface area contributed by atoms with E-state index in [1.165, 1.54) is 0 Å². The summed E-state index contributed by atoms with van der Waals surface area (Å²) in [5, 5.41) is 15.4. The van der Waals surface area contributed by atoms with Crippen LogP contribution in [0.1, 0.15) is 35.7 Å². The molecule has 0 aliphatic heterocycles. The Hall–Kier alpha value is -2.12. The van der Waals surface area contributed by atoms with Gasteiger partial charge in [-0.2, -0.15) is 0 Å². The van der Waals surface area contributed by atoms with E-state index >= 15 is 0 Å². The third-order valence-corrected chi connectivity index (χ3v) is 4.27. The van der Waals surface area contributed by atoms with Gasteiger partial charge < -0.3 is 15.2 Å². The quantitative estimate of drug-likeness (QED) is 0.345. The molecular formula is C19H21BrN2O3S. The SMILES string of the molecule is CCCCOc1ccc(Br)cc1C(=O)NC(=S)Nc1cc(C)ccc1O. The predicted molar refractivity (Wildman–Crippen MR) is 111 cm³/mol. The lowest BCUT2D eigenvalue weighted by atomic mass is 10.2. The number of aryl methyl sites for hydroxylation is 1. The molecule has 2 aromatic carbocycles. The third kappa shape index (κ3) is 5.71. The molecule has 0 atom stereocenters. The van der Waals surface area contributed by atoms with Crippen LogP contribution in [-0.4, -0.2) is 22.7 Å². The number of benzene rings is 2. The molecular weight excluding hydrogens is 416 g/mol. The van der Waals surface area contributed by atoms with Gasteiger partial charge in [-0.05, 0) is 61.5 Å². The molecule has 0 aliphatic carbocycles. The van der Waals surface area contributed by atoms with Gasteiger partial charge in [-0.3, -0.25) is 10.1 Å². The summed E-state index contributed by atoms with van der Waals surface area (Å²) in [5.41, 5.74) is 1.77. The standard InChI is InChI=1S/C19H21BrN2O3S/c1-3-4-9-25-17-8-6-13(20)11-14(17)18(24)22-19(26)21-15-10-12(2)5-7-16(15)23/h5-8,10-11,23H,3-4,9H2,1-2H3,(H2,21,22,24,26). The van der Waals surface area contributed by atoms with Crippen LogP contribution in [0.5, 0.6) is 11.5 Å². The molecule has 3 N–H and O–H groups in total. The fourth-order valence-corrected chi connectivity index (χ4v) is 2.77. The third-order valence-electron chi connectivity index (χ3n) is 3.57. The highest BCUT2D eigenvalue weighted by Gasteiger charge is 2.15. The van der Waals surface area contributed by atoms with Crippen LogP contribution < -0.4 is 15.4 Å². The van der Waals surface area contributed by atoms with Crippen molar-refractivity contribution in [3.63, 3.8) is 0 Å². The molecule has 7 heteroatoms. The van der Waals surface area contributed by atoms with Gasteiger partial charge in [0.25, 0.3) is 5.91 Å². The zero-order valence-electron chi connectivity index (χ0n) is 14.6. The average Bonchev–Trinajstić information content (AvgIpc) is 2.59. The van der Waals surface area contributed by atoms with Crippen LogP contribution in [0, 0.1) is 6.92 Å². The lowest BCUT2D eigenvalue weighted by Gasteiger charge is -2.14. The predicted octanol–water partition coefficient (Wildman–Crippen LogP) is 4.77. The van der Waals surface area contributed by atoms with E-state index < -0.39 is 0 Å². The minimum absolute atomic E-state index is 0.0539. The molecule has 0 aromatic heterocycles.